The first kappa shape index (κ1) is 43.1. The SMILES string of the molecule is CCC(C)(C)c1ccc(N(c2ccc(C(C)(C)CC)cc2)c2cccc(N(c3ccc(C(C)(C)CC)cc3)c3ccc(C(C)(C)CC)cc3B(O)O)c2Cl)cc1. The second kappa shape index (κ2) is 16.8. The molecule has 296 valence electrons. The Balaban J connectivity index is 1.78. The van der Waals surface area contributed by atoms with Gasteiger partial charge in [0.2, 0.25) is 0 Å². The van der Waals surface area contributed by atoms with E-state index in [4.69, 9.17) is 11.6 Å². The molecule has 0 aromatic heterocycles. The minimum absolute atomic E-state index is 0.00500. The molecule has 0 amide bonds. The highest BCUT2D eigenvalue weighted by molar-refractivity contribution is 6.60. The fraction of sp³-hybridized carbons (Fsp3) is 0.400. The van der Waals surface area contributed by atoms with E-state index in [0.717, 1.165) is 59.7 Å². The summed E-state index contributed by atoms with van der Waals surface area (Å²) in [7, 11) is -1.70. The van der Waals surface area contributed by atoms with Crippen molar-refractivity contribution in [1.82, 2.24) is 0 Å². The van der Waals surface area contributed by atoms with E-state index in [1.54, 1.807) is 0 Å². The van der Waals surface area contributed by atoms with Crippen molar-refractivity contribution in [3.63, 3.8) is 0 Å². The van der Waals surface area contributed by atoms with Gasteiger partial charge in [0.05, 0.1) is 16.4 Å². The Labute approximate surface area is 343 Å². The van der Waals surface area contributed by atoms with Gasteiger partial charge >= 0.3 is 7.12 Å². The Bertz CT molecular complexity index is 2020. The van der Waals surface area contributed by atoms with Gasteiger partial charge in [-0.15, -0.1) is 0 Å². The van der Waals surface area contributed by atoms with E-state index in [1.165, 1.54) is 16.7 Å². The third-order valence-corrected chi connectivity index (χ3v) is 13.4. The highest BCUT2D eigenvalue weighted by Crippen LogP contribution is 2.47. The van der Waals surface area contributed by atoms with Crippen LogP contribution in [-0.2, 0) is 21.7 Å². The third-order valence-electron chi connectivity index (χ3n) is 13.0. The van der Waals surface area contributed by atoms with Crippen molar-refractivity contribution in [1.29, 1.82) is 0 Å². The van der Waals surface area contributed by atoms with Crippen molar-refractivity contribution >= 4 is 58.3 Å². The highest BCUT2D eigenvalue weighted by Gasteiger charge is 2.30. The van der Waals surface area contributed by atoms with Crippen LogP contribution in [0.1, 0.15) is 131 Å². The molecule has 0 unspecified atom stereocenters. The van der Waals surface area contributed by atoms with E-state index < -0.39 is 7.12 Å². The first-order valence-corrected chi connectivity index (χ1v) is 20.9. The smallest absolute Gasteiger partial charge is 0.423 e. The number of hydrogen-bond donors (Lipinski definition) is 2. The first-order valence-electron chi connectivity index (χ1n) is 20.5. The van der Waals surface area contributed by atoms with E-state index >= 15 is 0 Å². The molecule has 5 aromatic carbocycles. The van der Waals surface area contributed by atoms with Crippen molar-refractivity contribution in [2.75, 3.05) is 9.80 Å². The molecule has 6 heteroatoms. The van der Waals surface area contributed by atoms with Crippen molar-refractivity contribution in [2.45, 2.75) is 130 Å². The lowest BCUT2D eigenvalue weighted by atomic mass is 9.73. The Morgan fingerprint density at radius 1 is 0.446 bits per heavy atom. The van der Waals surface area contributed by atoms with E-state index in [-0.39, 0.29) is 21.7 Å². The molecule has 0 saturated heterocycles. The summed E-state index contributed by atoms with van der Waals surface area (Å²) >= 11 is 7.73. The van der Waals surface area contributed by atoms with Gasteiger partial charge in [-0.1, -0.05) is 149 Å². The summed E-state index contributed by atoms with van der Waals surface area (Å²) in [6.07, 6.45) is 3.98. The largest absolute Gasteiger partial charge is 0.490 e. The molecule has 0 atom stereocenters. The Hall–Kier alpha value is -4.03. The van der Waals surface area contributed by atoms with Crippen LogP contribution in [-0.4, -0.2) is 17.2 Å². The summed E-state index contributed by atoms with van der Waals surface area (Å²) in [4.78, 5) is 4.31. The summed E-state index contributed by atoms with van der Waals surface area (Å²) in [5.74, 6) is 0. The molecule has 0 saturated carbocycles. The molecule has 5 aromatic rings. The zero-order valence-electron chi connectivity index (χ0n) is 36.0. The molecule has 0 aliphatic rings. The average Bonchev–Trinajstić information content (AvgIpc) is 3.19. The van der Waals surface area contributed by atoms with Gasteiger partial charge in [-0.05, 0) is 124 Å². The topological polar surface area (TPSA) is 46.9 Å². The molecule has 4 nitrogen and oxygen atoms in total. The predicted molar refractivity (Wildman–Crippen MR) is 244 cm³/mol. The number of benzene rings is 5. The number of rotatable bonds is 15. The average molecular weight is 771 g/mol. The first-order chi connectivity index (χ1) is 26.3. The van der Waals surface area contributed by atoms with Gasteiger partial charge in [0.25, 0.3) is 0 Å². The Morgan fingerprint density at radius 3 is 1.12 bits per heavy atom. The summed E-state index contributed by atoms with van der Waals surface area (Å²) in [5, 5.41) is 22.5. The maximum atomic E-state index is 11.0. The van der Waals surface area contributed by atoms with Crippen LogP contribution in [0.5, 0.6) is 0 Å². The van der Waals surface area contributed by atoms with Gasteiger partial charge in [-0.2, -0.15) is 0 Å². The van der Waals surface area contributed by atoms with Crippen LogP contribution in [0.25, 0.3) is 0 Å². The van der Waals surface area contributed by atoms with Gasteiger partial charge in [0.1, 0.15) is 0 Å². The third kappa shape index (κ3) is 8.76. The lowest BCUT2D eigenvalue weighted by molar-refractivity contribution is 0.425. The second-order valence-corrected chi connectivity index (χ2v) is 18.4. The molecule has 2 N–H and O–H groups in total. The van der Waals surface area contributed by atoms with Gasteiger partial charge in [-0.25, -0.2) is 0 Å². The van der Waals surface area contributed by atoms with E-state index in [0.29, 0.717) is 16.2 Å². The Kier molecular flexibility index (Phi) is 13.0. The van der Waals surface area contributed by atoms with Gasteiger partial charge < -0.3 is 19.8 Å². The maximum absolute atomic E-state index is 11.0. The van der Waals surface area contributed by atoms with E-state index in [2.05, 4.69) is 178 Å². The fourth-order valence-electron chi connectivity index (χ4n) is 7.08. The van der Waals surface area contributed by atoms with Crippen molar-refractivity contribution in [3.05, 3.63) is 136 Å². The molecule has 5 rings (SSSR count). The van der Waals surface area contributed by atoms with Gasteiger partial charge in [0.15, 0.2) is 0 Å². The van der Waals surface area contributed by atoms with Crippen LogP contribution in [0.4, 0.5) is 34.1 Å². The molecule has 0 aliphatic heterocycles. The van der Waals surface area contributed by atoms with E-state index in [1.807, 2.05) is 24.3 Å². The van der Waals surface area contributed by atoms with Crippen LogP contribution in [0, 0.1) is 0 Å². The minimum Gasteiger partial charge on any atom is -0.423 e. The molecular formula is C50H64BClN2O2. The summed E-state index contributed by atoms with van der Waals surface area (Å²) in [5.41, 5.74) is 10.3. The number of nitrogens with zero attached hydrogens (tertiary/aromatic N) is 2. The predicted octanol–water partition coefficient (Wildman–Crippen LogP) is 13.7. The van der Waals surface area contributed by atoms with Gasteiger partial charge in [-0.3, -0.25) is 0 Å². The molecule has 0 aliphatic carbocycles. The monoisotopic (exact) mass is 770 g/mol. The van der Waals surface area contributed by atoms with Crippen LogP contribution < -0.4 is 15.3 Å². The molecule has 0 spiro atoms. The lowest BCUT2D eigenvalue weighted by Gasteiger charge is -2.33. The van der Waals surface area contributed by atoms with Crippen molar-refractivity contribution < 1.29 is 10.0 Å². The zero-order chi connectivity index (χ0) is 41.2. The standard InChI is InChI=1S/C50H64BClN2O2/c1-13-47(5,6)35-20-27-39(28-21-35)53(40-29-22-36(23-30-40)48(7,8)14-2)44-18-17-19-45(46(44)52)54(41-31-24-37(25-32-41)49(9,10)15-3)43-33-26-38(50(11,12)16-4)34-42(43)51(55)56/h17-34,55-56H,13-16H2,1-12H3. The lowest BCUT2D eigenvalue weighted by Crippen LogP contribution is -2.35. The molecular weight excluding hydrogens is 707 g/mol. The van der Waals surface area contributed by atoms with E-state index in [9.17, 15) is 10.0 Å². The summed E-state index contributed by atoms with van der Waals surface area (Å²) in [6, 6.07) is 38.5. The molecule has 56 heavy (non-hydrogen) atoms. The normalized spacial score (nSPS) is 12.5. The van der Waals surface area contributed by atoms with Crippen LogP contribution in [0.15, 0.2) is 109 Å². The summed E-state index contributed by atoms with van der Waals surface area (Å²) in [6.45, 7) is 26.8. The quantitative estimate of drug-likeness (QED) is 0.104. The van der Waals surface area contributed by atoms with Crippen LogP contribution >= 0.6 is 11.6 Å². The maximum Gasteiger partial charge on any atom is 0.490 e. The minimum atomic E-state index is -1.70. The molecule has 0 fully saturated rings. The second-order valence-electron chi connectivity index (χ2n) is 18.0. The van der Waals surface area contributed by atoms with Crippen LogP contribution in [0.3, 0.4) is 0 Å². The molecule has 0 radical (unpaired) electrons. The molecule has 0 bridgehead atoms. The summed E-state index contributed by atoms with van der Waals surface area (Å²) < 4.78 is 0. The number of halogens is 1. The number of hydrogen-bond acceptors (Lipinski definition) is 4. The number of anilines is 6. The van der Waals surface area contributed by atoms with Gasteiger partial charge in [0, 0.05) is 28.2 Å². The fourth-order valence-corrected chi connectivity index (χ4v) is 7.37. The Morgan fingerprint density at radius 2 is 0.768 bits per heavy atom. The molecule has 0 heterocycles. The van der Waals surface area contributed by atoms with Crippen LogP contribution in [0.2, 0.25) is 5.02 Å². The van der Waals surface area contributed by atoms with Crippen molar-refractivity contribution in [3.8, 4) is 0 Å². The van der Waals surface area contributed by atoms with Crippen molar-refractivity contribution in [2.24, 2.45) is 0 Å². The zero-order valence-corrected chi connectivity index (χ0v) is 36.7. The highest BCUT2D eigenvalue weighted by atomic mass is 35.5.